The molecule has 2 aromatic rings. The van der Waals surface area contributed by atoms with E-state index in [0.717, 1.165) is 50.5 Å². The van der Waals surface area contributed by atoms with E-state index in [0.29, 0.717) is 0 Å². The molecule has 5 heteroatoms. The summed E-state index contributed by atoms with van der Waals surface area (Å²) >= 11 is 0. The second kappa shape index (κ2) is 8.02. The molecule has 1 unspecified atom stereocenters. The first-order valence-electron chi connectivity index (χ1n) is 8.53. The van der Waals surface area contributed by atoms with E-state index in [1.54, 1.807) is 0 Å². The molecule has 0 aliphatic carbocycles. The number of rotatable bonds is 6. The van der Waals surface area contributed by atoms with Crippen molar-refractivity contribution in [2.75, 3.05) is 37.6 Å². The highest BCUT2D eigenvalue weighted by molar-refractivity contribution is 5.38. The van der Waals surface area contributed by atoms with E-state index < -0.39 is 0 Å². The number of nitroso groups, excluding NO2 is 1. The van der Waals surface area contributed by atoms with Gasteiger partial charge in [-0.15, -0.1) is 0 Å². The molecule has 1 atom stereocenters. The lowest BCUT2D eigenvalue weighted by atomic mass is 10.0. The Balaban J connectivity index is 1.50. The number of hydrogen-bond acceptors (Lipinski definition) is 5. The molecule has 24 heavy (non-hydrogen) atoms. The zero-order valence-corrected chi connectivity index (χ0v) is 14.1. The van der Waals surface area contributed by atoms with Crippen molar-refractivity contribution in [2.45, 2.75) is 19.4 Å². The number of pyridine rings is 1. The summed E-state index contributed by atoms with van der Waals surface area (Å²) in [6, 6.07) is 13.9. The zero-order chi connectivity index (χ0) is 16.8. The van der Waals surface area contributed by atoms with E-state index in [1.807, 2.05) is 43.5 Å². The Morgan fingerprint density at radius 3 is 2.62 bits per heavy atom. The zero-order valence-electron chi connectivity index (χ0n) is 14.1. The normalized spacial score (nSPS) is 16.8. The van der Waals surface area contributed by atoms with Gasteiger partial charge in [0.2, 0.25) is 0 Å². The molecule has 0 spiro atoms. The summed E-state index contributed by atoms with van der Waals surface area (Å²) < 4.78 is 0. The van der Waals surface area contributed by atoms with Crippen molar-refractivity contribution in [1.29, 1.82) is 0 Å². The highest BCUT2D eigenvalue weighted by Crippen LogP contribution is 2.23. The molecule has 1 aromatic carbocycles. The van der Waals surface area contributed by atoms with Crippen LogP contribution in [0.2, 0.25) is 0 Å². The molecule has 1 fully saturated rings. The monoisotopic (exact) mass is 324 g/mol. The number of anilines is 1. The molecule has 1 aromatic heterocycles. The first-order valence-corrected chi connectivity index (χ1v) is 8.53. The molecule has 0 radical (unpaired) electrons. The molecule has 0 amide bonds. The molecule has 3 rings (SSSR count). The molecular weight excluding hydrogens is 300 g/mol. The third-order valence-electron chi connectivity index (χ3n) is 4.62. The fourth-order valence-corrected chi connectivity index (χ4v) is 3.20. The molecule has 126 valence electrons. The first-order chi connectivity index (χ1) is 11.8. The average molecular weight is 324 g/mol. The van der Waals surface area contributed by atoms with E-state index in [4.69, 9.17) is 0 Å². The van der Waals surface area contributed by atoms with Crippen LogP contribution in [0.4, 0.5) is 5.82 Å². The van der Waals surface area contributed by atoms with Gasteiger partial charge in [-0.2, -0.15) is 4.91 Å². The van der Waals surface area contributed by atoms with Crippen LogP contribution >= 0.6 is 0 Å². The van der Waals surface area contributed by atoms with E-state index >= 15 is 0 Å². The van der Waals surface area contributed by atoms with Crippen LogP contribution in [0.1, 0.15) is 23.6 Å². The minimum absolute atomic E-state index is 0.251. The lowest BCUT2D eigenvalue weighted by molar-refractivity contribution is 0.248. The molecule has 1 aliphatic heterocycles. The van der Waals surface area contributed by atoms with Crippen LogP contribution in [-0.4, -0.2) is 42.6 Å². The molecule has 0 N–H and O–H groups in total. The quantitative estimate of drug-likeness (QED) is 0.764. The fraction of sp³-hybridized carbons (Fsp3) is 0.421. The lowest BCUT2D eigenvalue weighted by Crippen LogP contribution is -2.47. The average Bonchev–Trinajstić information content (AvgIpc) is 2.64. The van der Waals surface area contributed by atoms with Crippen LogP contribution in [0.15, 0.2) is 53.8 Å². The van der Waals surface area contributed by atoms with Crippen LogP contribution in [0.25, 0.3) is 0 Å². The maximum atomic E-state index is 11.2. The van der Waals surface area contributed by atoms with Gasteiger partial charge in [-0.3, -0.25) is 4.90 Å². The molecule has 5 nitrogen and oxygen atoms in total. The lowest BCUT2D eigenvalue weighted by Gasteiger charge is -2.35. The van der Waals surface area contributed by atoms with Gasteiger partial charge in [0.05, 0.1) is 0 Å². The highest BCUT2D eigenvalue weighted by Gasteiger charge is 2.20. The maximum Gasteiger partial charge on any atom is 0.128 e. The summed E-state index contributed by atoms with van der Waals surface area (Å²) in [7, 11) is 0. The van der Waals surface area contributed by atoms with Gasteiger partial charge < -0.3 is 4.90 Å². The van der Waals surface area contributed by atoms with Gasteiger partial charge in [0, 0.05) is 38.9 Å². The van der Waals surface area contributed by atoms with Gasteiger partial charge in [0.25, 0.3) is 0 Å². The van der Waals surface area contributed by atoms with E-state index in [9.17, 15) is 4.91 Å². The van der Waals surface area contributed by atoms with Crippen LogP contribution in [-0.2, 0) is 0 Å². The fourth-order valence-electron chi connectivity index (χ4n) is 3.20. The molecular formula is C19H24N4O. The third kappa shape index (κ3) is 4.17. The standard InChI is InChI=1S/C19H24N4O/c1-16-5-4-6-17(15-16)18(21-24)8-10-22-11-13-23(14-12-22)19-7-2-3-9-20-19/h2-7,9,15,18H,8,10-14H2,1H3. The van der Waals surface area contributed by atoms with E-state index in [1.165, 1.54) is 5.56 Å². The van der Waals surface area contributed by atoms with Crippen molar-refractivity contribution < 1.29 is 0 Å². The van der Waals surface area contributed by atoms with Crippen LogP contribution in [0.3, 0.4) is 0 Å². The van der Waals surface area contributed by atoms with Crippen molar-refractivity contribution in [3.63, 3.8) is 0 Å². The Kier molecular flexibility index (Phi) is 5.54. The maximum absolute atomic E-state index is 11.2. The van der Waals surface area contributed by atoms with Crippen LogP contribution in [0.5, 0.6) is 0 Å². The summed E-state index contributed by atoms with van der Waals surface area (Å²) in [5.74, 6) is 1.05. The minimum atomic E-state index is -0.251. The van der Waals surface area contributed by atoms with Crippen molar-refractivity contribution in [3.05, 3.63) is 64.7 Å². The smallest absolute Gasteiger partial charge is 0.128 e. The first kappa shape index (κ1) is 16.6. The van der Waals surface area contributed by atoms with Crippen molar-refractivity contribution in [3.8, 4) is 0 Å². The minimum Gasteiger partial charge on any atom is -0.354 e. The summed E-state index contributed by atoms with van der Waals surface area (Å²) in [5, 5.41) is 3.35. The predicted octanol–water partition coefficient (Wildman–Crippen LogP) is 3.41. The van der Waals surface area contributed by atoms with Gasteiger partial charge in [-0.05, 0) is 31.0 Å². The Labute approximate surface area is 143 Å². The second-order valence-electron chi connectivity index (χ2n) is 6.34. The van der Waals surface area contributed by atoms with Crippen LogP contribution < -0.4 is 4.90 Å². The van der Waals surface area contributed by atoms with Crippen molar-refractivity contribution >= 4 is 5.82 Å². The molecule has 0 bridgehead atoms. The number of aryl methyl sites for hydroxylation is 1. The third-order valence-corrected chi connectivity index (χ3v) is 4.62. The summed E-state index contributed by atoms with van der Waals surface area (Å²) in [4.78, 5) is 20.4. The highest BCUT2D eigenvalue weighted by atomic mass is 16.3. The topological polar surface area (TPSA) is 48.8 Å². The van der Waals surface area contributed by atoms with Gasteiger partial charge in [-0.25, -0.2) is 4.98 Å². The molecule has 1 saturated heterocycles. The van der Waals surface area contributed by atoms with E-state index in [-0.39, 0.29) is 6.04 Å². The van der Waals surface area contributed by atoms with Gasteiger partial charge in [-0.1, -0.05) is 41.1 Å². The molecule has 0 saturated carbocycles. The summed E-state index contributed by atoms with van der Waals surface area (Å²) in [6.45, 7) is 6.88. The number of piperazine rings is 1. The Hall–Kier alpha value is -2.27. The number of hydrogen-bond donors (Lipinski definition) is 0. The molecule has 2 heterocycles. The Morgan fingerprint density at radius 2 is 1.96 bits per heavy atom. The van der Waals surface area contributed by atoms with Crippen LogP contribution in [0, 0.1) is 11.8 Å². The van der Waals surface area contributed by atoms with Crippen molar-refractivity contribution in [2.24, 2.45) is 5.18 Å². The summed E-state index contributed by atoms with van der Waals surface area (Å²) in [5.41, 5.74) is 2.20. The number of benzene rings is 1. The van der Waals surface area contributed by atoms with Gasteiger partial charge >= 0.3 is 0 Å². The van der Waals surface area contributed by atoms with Gasteiger partial charge in [0.15, 0.2) is 0 Å². The largest absolute Gasteiger partial charge is 0.354 e. The number of aromatic nitrogens is 1. The summed E-state index contributed by atoms with van der Waals surface area (Å²) in [6.07, 6.45) is 2.61. The number of nitrogens with zero attached hydrogens (tertiary/aromatic N) is 4. The Bertz CT molecular complexity index is 653. The predicted molar refractivity (Wildman–Crippen MR) is 97.2 cm³/mol. The van der Waals surface area contributed by atoms with Gasteiger partial charge in [0.1, 0.15) is 11.9 Å². The van der Waals surface area contributed by atoms with E-state index in [2.05, 4.69) is 32.1 Å². The molecule has 1 aliphatic rings. The van der Waals surface area contributed by atoms with Crippen molar-refractivity contribution in [1.82, 2.24) is 9.88 Å². The second-order valence-corrected chi connectivity index (χ2v) is 6.34. The SMILES string of the molecule is Cc1cccc(C(CCN2CCN(c3ccccn3)CC2)N=O)c1. The Morgan fingerprint density at radius 1 is 1.12 bits per heavy atom.